The zero-order valence-electron chi connectivity index (χ0n) is 11.4. The van der Waals surface area contributed by atoms with Crippen LogP contribution in [0.1, 0.15) is 24.4 Å². The Morgan fingerprint density at radius 2 is 2.00 bits per heavy atom. The van der Waals surface area contributed by atoms with Crippen LogP contribution in [-0.4, -0.2) is 42.7 Å². The first kappa shape index (κ1) is 16.4. The molecule has 4 nitrogen and oxygen atoms in total. The van der Waals surface area contributed by atoms with Crippen LogP contribution in [0.5, 0.6) is 0 Å². The molecule has 1 atom stereocenters. The molecule has 0 fully saturated rings. The van der Waals surface area contributed by atoms with Gasteiger partial charge < -0.3 is 15.3 Å². The molecule has 0 bridgehead atoms. The number of halogens is 2. The highest BCUT2D eigenvalue weighted by atomic mass is 19.3. The second-order valence-corrected chi connectivity index (χ2v) is 4.55. The minimum Gasteiger partial charge on any atom is -0.396 e. The van der Waals surface area contributed by atoms with E-state index >= 15 is 0 Å². The number of rotatable bonds is 7. The standard InChI is InChI=1S/C14H20F2N2O2/c1-18(10-13(15)16)14(20)17-12(8-5-9-19)11-6-3-2-4-7-11/h2-4,6-7,12-13,19H,5,8-10H2,1H3,(H,17,20). The zero-order valence-corrected chi connectivity index (χ0v) is 11.4. The molecule has 2 N–H and O–H groups in total. The first-order chi connectivity index (χ1) is 9.54. The van der Waals surface area contributed by atoms with E-state index in [9.17, 15) is 13.6 Å². The molecule has 1 unspecified atom stereocenters. The molecule has 2 amide bonds. The number of nitrogens with zero attached hydrogens (tertiary/aromatic N) is 1. The summed E-state index contributed by atoms with van der Waals surface area (Å²) in [5.74, 6) is 0. The van der Waals surface area contributed by atoms with Gasteiger partial charge in [-0.3, -0.25) is 0 Å². The van der Waals surface area contributed by atoms with Crippen LogP contribution in [-0.2, 0) is 0 Å². The average Bonchev–Trinajstić information content (AvgIpc) is 2.43. The number of nitrogens with one attached hydrogen (secondary N) is 1. The SMILES string of the molecule is CN(CC(F)F)C(=O)NC(CCCO)c1ccccc1. The maximum atomic E-state index is 12.3. The van der Waals surface area contributed by atoms with Crippen molar-refractivity contribution in [1.29, 1.82) is 0 Å². The number of aliphatic hydroxyl groups is 1. The Morgan fingerprint density at radius 1 is 1.35 bits per heavy atom. The fraction of sp³-hybridized carbons (Fsp3) is 0.500. The largest absolute Gasteiger partial charge is 0.396 e. The molecule has 0 aromatic heterocycles. The highest BCUT2D eigenvalue weighted by Crippen LogP contribution is 2.18. The lowest BCUT2D eigenvalue weighted by molar-refractivity contribution is 0.107. The van der Waals surface area contributed by atoms with Crippen molar-refractivity contribution in [2.75, 3.05) is 20.2 Å². The number of carbonyl (C=O) groups is 1. The maximum absolute atomic E-state index is 12.3. The van der Waals surface area contributed by atoms with E-state index in [0.29, 0.717) is 12.8 Å². The Balaban J connectivity index is 2.67. The van der Waals surface area contributed by atoms with Crippen molar-refractivity contribution in [3.05, 3.63) is 35.9 Å². The van der Waals surface area contributed by atoms with E-state index in [1.54, 1.807) is 0 Å². The van der Waals surface area contributed by atoms with E-state index in [1.165, 1.54) is 7.05 Å². The number of alkyl halides is 2. The highest BCUT2D eigenvalue weighted by Gasteiger charge is 2.18. The first-order valence-corrected chi connectivity index (χ1v) is 6.50. The predicted molar refractivity (Wildman–Crippen MR) is 72.7 cm³/mol. The van der Waals surface area contributed by atoms with Crippen LogP contribution in [0.3, 0.4) is 0 Å². The first-order valence-electron chi connectivity index (χ1n) is 6.50. The van der Waals surface area contributed by atoms with Crippen molar-refractivity contribution >= 4 is 6.03 Å². The van der Waals surface area contributed by atoms with Gasteiger partial charge in [-0.2, -0.15) is 0 Å². The fourth-order valence-electron chi connectivity index (χ4n) is 1.85. The summed E-state index contributed by atoms with van der Waals surface area (Å²) in [7, 11) is 1.33. The highest BCUT2D eigenvalue weighted by molar-refractivity contribution is 5.74. The van der Waals surface area contributed by atoms with Gasteiger partial charge in [0.2, 0.25) is 0 Å². The van der Waals surface area contributed by atoms with Gasteiger partial charge in [0, 0.05) is 13.7 Å². The van der Waals surface area contributed by atoms with Crippen LogP contribution in [0.25, 0.3) is 0 Å². The summed E-state index contributed by atoms with van der Waals surface area (Å²) in [6, 6.07) is 8.42. The molecule has 1 rings (SSSR count). The lowest BCUT2D eigenvalue weighted by Gasteiger charge is -2.23. The second-order valence-electron chi connectivity index (χ2n) is 4.55. The number of amides is 2. The topological polar surface area (TPSA) is 52.6 Å². The van der Waals surface area contributed by atoms with Crippen LogP contribution >= 0.6 is 0 Å². The molecule has 0 saturated carbocycles. The molecule has 1 aromatic carbocycles. The zero-order chi connectivity index (χ0) is 15.0. The Kier molecular flexibility index (Phi) is 6.93. The Bertz CT molecular complexity index is 401. The molecular formula is C14H20F2N2O2. The van der Waals surface area contributed by atoms with Gasteiger partial charge in [0.05, 0.1) is 12.6 Å². The number of aliphatic hydroxyl groups excluding tert-OH is 1. The molecule has 0 aliphatic heterocycles. The van der Waals surface area contributed by atoms with Crippen molar-refractivity contribution in [3.63, 3.8) is 0 Å². The molecular weight excluding hydrogens is 266 g/mol. The van der Waals surface area contributed by atoms with Crippen LogP contribution in [0.15, 0.2) is 30.3 Å². The minimum atomic E-state index is -2.56. The smallest absolute Gasteiger partial charge is 0.317 e. The van der Waals surface area contributed by atoms with Crippen LogP contribution in [0.4, 0.5) is 13.6 Å². The van der Waals surface area contributed by atoms with Crippen molar-refractivity contribution in [3.8, 4) is 0 Å². The quantitative estimate of drug-likeness (QED) is 0.808. The maximum Gasteiger partial charge on any atom is 0.317 e. The summed E-state index contributed by atoms with van der Waals surface area (Å²) in [5.41, 5.74) is 0.889. The number of carbonyl (C=O) groups excluding carboxylic acids is 1. The van der Waals surface area contributed by atoms with Crippen LogP contribution in [0.2, 0.25) is 0 Å². The molecule has 0 aliphatic rings. The molecule has 0 heterocycles. The normalized spacial score (nSPS) is 12.2. The van der Waals surface area contributed by atoms with Gasteiger partial charge >= 0.3 is 6.03 Å². The predicted octanol–water partition coefficient (Wildman–Crippen LogP) is 2.41. The summed E-state index contributed by atoms with van der Waals surface area (Å²) in [5, 5.41) is 11.6. The van der Waals surface area contributed by atoms with Crippen molar-refractivity contribution in [2.24, 2.45) is 0 Å². The summed E-state index contributed by atoms with van der Waals surface area (Å²) in [4.78, 5) is 12.8. The van der Waals surface area contributed by atoms with Crippen LogP contribution in [0, 0.1) is 0 Å². The molecule has 0 spiro atoms. The van der Waals surface area contributed by atoms with E-state index in [4.69, 9.17) is 5.11 Å². The lowest BCUT2D eigenvalue weighted by Crippen LogP contribution is -2.41. The average molecular weight is 286 g/mol. The number of hydrogen-bond donors (Lipinski definition) is 2. The van der Waals surface area contributed by atoms with Crippen molar-refractivity contribution in [2.45, 2.75) is 25.3 Å². The second kappa shape index (κ2) is 8.47. The third kappa shape index (κ3) is 5.52. The number of urea groups is 1. The number of hydrogen-bond acceptors (Lipinski definition) is 2. The Hall–Kier alpha value is -1.69. The summed E-state index contributed by atoms with van der Waals surface area (Å²) in [6.07, 6.45) is -1.48. The van der Waals surface area contributed by atoms with E-state index < -0.39 is 19.0 Å². The van der Waals surface area contributed by atoms with E-state index in [0.717, 1.165) is 10.5 Å². The Labute approximate surface area is 117 Å². The van der Waals surface area contributed by atoms with Gasteiger partial charge in [-0.15, -0.1) is 0 Å². The summed E-state index contributed by atoms with van der Waals surface area (Å²) < 4.78 is 24.5. The molecule has 20 heavy (non-hydrogen) atoms. The third-order valence-electron chi connectivity index (χ3n) is 2.91. The third-order valence-corrected chi connectivity index (χ3v) is 2.91. The molecule has 0 saturated heterocycles. The Morgan fingerprint density at radius 3 is 2.55 bits per heavy atom. The number of benzene rings is 1. The van der Waals surface area contributed by atoms with Gasteiger partial charge in [-0.05, 0) is 18.4 Å². The van der Waals surface area contributed by atoms with Gasteiger partial charge in [0.15, 0.2) is 0 Å². The lowest BCUT2D eigenvalue weighted by atomic mass is 10.0. The van der Waals surface area contributed by atoms with Gasteiger partial charge in [0.1, 0.15) is 0 Å². The molecule has 0 aliphatic carbocycles. The van der Waals surface area contributed by atoms with E-state index in [-0.39, 0.29) is 12.6 Å². The van der Waals surface area contributed by atoms with Crippen molar-refractivity contribution in [1.82, 2.24) is 10.2 Å². The summed E-state index contributed by atoms with van der Waals surface area (Å²) in [6.45, 7) is -0.584. The van der Waals surface area contributed by atoms with Gasteiger partial charge in [-0.25, -0.2) is 13.6 Å². The molecule has 6 heteroatoms. The van der Waals surface area contributed by atoms with Gasteiger partial charge in [0.25, 0.3) is 6.43 Å². The monoisotopic (exact) mass is 286 g/mol. The minimum absolute atomic E-state index is 0.0199. The van der Waals surface area contributed by atoms with E-state index in [1.807, 2.05) is 30.3 Å². The molecule has 112 valence electrons. The molecule has 0 radical (unpaired) electrons. The van der Waals surface area contributed by atoms with Gasteiger partial charge in [-0.1, -0.05) is 30.3 Å². The fourth-order valence-corrected chi connectivity index (χ4v) is 1.85. The summed E-state index contributed by atoms with van der Waals surface area (Å²) >= 11 is 0. The van der Waals surface area contributed by atoms with Crippen molar-refractivity contribution < 1.29 is 18.7 Å². The molecule has 1 aromatic rings. The van der Waals surface area contributed by atoms with Crippen LogP contribution < -0.4 is 5.32 Å². The van der Waals surface area contributed by atoms with E-state index in [2.05, 4.69) is 5.32 Å².